The van der Waals surface area contributed by atoms with Gasteiger partial charge in [0, 0.05) is 23.5 Å². The monoisotopic (exact) mass is 409 g/mol. The molecular formula is C17H17N2O6S2-. The van der Waals surface area contributed by atoms with Gasteiger partial charge in [0.1, 0.15) is 0 Å². The van der Waals surface area contributed by atoms with Crippen LogP contribution < -0.4 is 10.4 Å². The Balaban J connectivity index is 1.86. The summed E-state index contributed by atoms with van der Waals surface area (Å²) in [6, 6.07) is 7.18. The number of aromatic carboxylic acids is 1. The molecule has 1 aromatic carbocycles. The van der Waals surface area contributed by atoms with E-state index in [2.05, 4.69) is 5.32 Å². The van der Waals surface area contributed by atoms with Gasteiger partial charge in [-0.25, -0.2) is 8.42 Å². The maximum atomic E-state index is 12.8. The molecule has 1 amide bonds. The number of carboxylic acids is 1. The van der Waals surface area contributed by atoms with Gasteiger partial charge < -0.3 is 20.0 Å². The molecule has 1 fully saturated rings. The van der Waals surface area contributed by atoms with Crippen molar-refractivity contribution in [3.63, 3.8) is 0 Å². The Morgan fingerprint density at radius 1 is 1.22 bits per heavy atom. The van der Waals surface area contributed by atoms with Crippen LogP contribution in [-0.2, 0) is 14.8 Å². The van der Waals surface area contributed by atoms with Crippen molar-refractivity contribution in [2.24, 2.45) is 0 Å². The first kappa shape index (κ1) is 19.5. The Labute approximate surface area is 160 Å². The highest BCUT2D eigenvalue weighted by Gasteiger charge is 2.30. The minimum absolute atomic E-state index is 0.0766. The van der Waals surface area contributed by atoms with Gasteiger partial charge in [0.15, 0.2) is 0 Å². The highest BCUT2D eigenvalue weighted by Crippen LogP contribution is 2.29. The third-order valence-electron chi connectivity index (χ3n) is 4.08. The van der Waals surface area contributed by atoms with Crippen molar-refractivity contribution in [2.45, 2.75) is 11.8 Å². The zero-order valence-electron chi connectivity index (χ0n) is 14.4. The van der Waals surface area contributed by atoms with Crippen LogP contribution in [0.15, 0.2) is 35.2 Å². The molecule has 0 saturated carbocycles. The number of benzene rings is 1. The lowest BCUT2D eigenvalue weighted by Gasteiger charge is -2.25. The fourth-order valence-corrected chi connectivity index (χ4v) is 5.58. The Morgan fingerprint density at radius 3 is 2.56 bits per heavy atom. The minimum Gasteiger partial charge on any atom is -0.545 e. The van der Waals surface area contributed by atoms with Crippen LogP contribution in [0.2, 0.25) is 0 Å². The van der Waals surface area contributed by atoms with Crippen molar-refractivity contribution in [3.8, 4) is 0 Å². The summed E-state index contributed by atoms with van der Waals surface area (Å²) >= 11 is 1.03. The second-order valence-corrected chi connectivity index (χ2v) is 9.00. The van der Waals surface area contributed by atoms with E-state index in [9.17, 15) is 23.1 Å². The zero-order valence-corrected chi connectivity index (χ0v) is 16.1. The molecule has 1 N–H and O–H groups in total. The molecule has 3 rings (SSSR count). The summed E-state index contributed by atoms with van der Waals surface area (Å²) < 4.78 is 32.1. The molecule has 1 saturated heterocycles. The van der Waals surface area contributed by atoms with E-state index in [0.717, 1.165) is 11.3 Å². The first-order valence-corrected chi connectivity index (χ1v) is 10.4. The Hall–Kier alpha value is -2.27. The molecule has 0 atom stereocenters. The fourth-order valence-electron chi connectivity index (χ4n) is 2.71. The number of nitrogens with one attached hydrogen (secondary N) is 1. The van der Waals surface area contributed by atoms with Gasteiger partial charge in [0.05, 0.1) is 34.6 Å². The van der Waals surface area contributed by atoms with Crippen molar-refractivity contribution in [1.82, 2.24) is 4.31 Å². The van der Waals surface area contributed by atoms with E-state index >= 15 is 0 Å². The summed E-state index contributed by atoms with van der Waals surface area (Å²) in [5.74, 6) is -2.00. The number of para-hydroxylation sites is 1. The van der Waals surface area contributed by atoms with Crippen LogP contribution in [0.25, 0.3) is 0 Å². The number of anilines is 1. The van der Waals surface area contributed by atoms with Crippen molar-refractivity contribution in [1.29, 1.82) is 0 Å². The van der Waals surface area contributed by atoms with E-state index in [4.69, 9.17) is 4.74 Å². The number of rotatable bonds is 5. The molecule has 0 bridgehead atoms. The number of sulfonamides is 1. The largest absolute Gasteiger partial charge is 0.545 e. The molecule has 144 valence electrons. The summed E-state index contributed by atoms with van der Waals surface area (Å²) in [4.78, 5) is 24.4. The van der Waals surface area contributed by atoms with Gasteiger partial charge in [0.2, 0.25) is 10.0 Å². The second kappa shape index (κ2) is 7.77. The standard InChI is InChI=1S/C17H18N2O6S2/c1-11-15(27(23,24)19-6-8-25-9-7-19)10-14(26-11)16(20)18-13-5-3-2-4-12(13)17(21)22/h2-5,10H,6-9H2,1H3,(H,18,20)(H,21,22)/p-1. The lowest BCUT2D eigenvalue weighted by Crippen LogP contribution is -2.40. The van der Waals surface area contributed by atoms with Crippen molar-refractivity contribution < 1.29 is 27.9 Å². The number of hydrogen-bond acceptors (Lipinski definition) is 7. The van der Waals surface area contributed by atoms with Gasteiger partial charge in [-0.2, -0.15) is 4.31 Å². The summed E-state index contributed by atoms with van der Waals surface area (Å²) in [7, 11) is -3.72. The number of carbonyl (C=O) groups excluding carboxylic acids is 2. The van der Waals surface area contributed by atoms with Gasteiger partial charge in [-0.15, -0.1) is 11.3 Å². The number of hydrogen-bond donors (Lipinski definition) is 1. The second-order valence-electron chi connectivity index (χ2n) is 5.83. The molecule has 0 spiro atoms. The van der Waals surface area contributed by atoms with E-state index in [1.807, 2.05) is 0 Å². The molecule has 1 aliphatic rings. The van der Waals surface area contributed by atoms with Gasteiger partial charge in [-0.1, -0.05) is 18.2 Å². The highest BCUT2D eigenvalue weighted by atomic mass is 32.2. The lowest BCUT2D eigenvalue weighted by atomic mass is 10.2. The zero-order chi connectivity index (χ0) is 19.6. The van der Waals surface area contributed by atoms with Gasteiger partial charge in [0.25, 0.3) is 5.91 Å². The highest BCUT2D eigenvalue weighted by molar-refractivity contribution is 7.89. The molecule has 1 aliphatic heterocycles. The van der Waals surface area contributed by atoms with Gasteiger partial charge in [-0.05, 0) is 19.1 Å². The third kappa shape index (κ3) is 4.03. The normalized spacial score (nSPS) is 15.4. The molecule has 0 aliphatic carbocycles. The predicted molar refractivity (Wildman–Crippen MR) is 97.4 cm³/mol. The third-order valence-corrected chi connectivity index (χ3v) is 7.28. The molecule has 8 nitrogen and oxygen atoms in total. The van der Waals surface area contributed by atoms with E-state index < -0.39 is 21.9 Å². The molecule has 1 aromatic heterocycles. The van der Waals surface area contributed by atoms with Crippen LogP contribution in [0.4, 0.5) is 5.69 Å². The first-order valence-electron chi connectivity index (χ1n) is 8.11. The quantitative estimate of drug-likeness (QED) is 0.777. The molecule has 2 aromatic rings. The number of carboxylic acid groups (broad SMARTS) is 1. The van der Waals surface area contributed by atoms with E-state index in [1.54, 1.807) is 13.0 Å². The van der Waals surface area contributed by atoms with Crippen LogP contribution in [0.5, 0.6) is 0 Å². The summed E-state index contributed by atoms with van der Waals surface area (Å²) in [5, 5.41) is 13.7. The maximum absolute atomic E-state index is 12.8. The Kier molecular flexibility index (Phi) is 5.61. The van der Waals surface area contributed by atoms with E-state index in [0.29, 0.717) is 18.1 Å². The lowest BCUT2D eigenvalue weighted by molar-refractivity contribution is -0.254. The van der Waals surface area contributed by atoms with Crippen molar-refractivity contribution in [3.05, 3.63) is 45.6 Å². The molecule has 27 heavy (non-hydrogen) atoms. The average Bonchev–Trinajstić information content (AvgIpc) is 3.05. The summed E-state index contributed by atoms with van der Waals surface area (Å²) in [6.07, 6.45) is 0. The number of ether oxygens (including phenoxy) is 1. The van der Waals surface area contributed by atoms with Gasteiger partial charge >= 0.3 is 0 Å². The topological polar surface area (TPSA) is 116 Å². The van der Waals surface area contributed by atoms with Crippen LogP contribution in [-0.4, -0.2) is 50.9 Å². The summed E-state index contributed by atoms with van der Waals surface area (Å²) in [5.41, 5.74) is -0.0635. The Bertz CT molecular complexity index is 977. The number of thiophene rings is 1. The van der Waals surface area contributed by atoms with Crippen molar-refractivity contribution >= 4 is 38.9 Å². The predicted octanol–water partition coefficient (Wildman–Crippen LogP) is 0.693. The number of carbonyl (C=O) groups is 2. The van der Waals surface area contributed by atoms with Crippen LogP contribution in [0.1, 0.15) is 24.9 Å². The smallest absolute Gasteiger partial charge is 0.265 e. The van der Waals surface area contributed by atoms with Crippen LogP contribution >= 0.6 is 11.3 Å². The molecule has 0 radical (unpaired) electrons. The van der Waals surface area contributed by atoms with Crippen LogP contribution in [0, 0.1) is 6.92 Å². The van der Waals surface area contributed by atoms with E-state index in [1.165, 1.54) is 28.6 Å². The average molecular weight is 409 g/mol. The number of nitrogens with zero attached hydrogens (tertiary/aromatic N) is 1. The SMILES string of the molecule is Cc1sc(C(=O)Nc2ccccc2C(=O)[O-])cc1S(=O)(=O)N1CCOCC1. The number of amides is 1. The molecule has 2 heterocycles. The first-order chi connectivity index (χ1) is 12.8. The van der Waals surface area contributed by atoms with Crippen molar-refractivity contribution in [2.75, 3.05) is 31.6 Å². The minimum atomic E-state index is -3.72. The fraction of sp³-hybridized carbons (Fsp3) is 0.294. The molecule has 0 unspecified atom stereocenters. The maximum Gasteiger partial charge on any atom is 0.265 e. The van der Waals surface area contributed by atoms with E-state index in [-0.39, 0.29) is 34.1 Å². The molecule has 10 heteroatoms. The number of aryl methyl sites for hydroxylation is 1. The molecular weight excluding hydrogens is 392 g/mol. The summed E-state index contributed by atoms with van der Waals surface area (Å²) in [6.45, 7) is 2.81. The number of morpholine rings is 1. The Morgan fingerprint density at radius 2 is 1.89 bits per heavy atom. The van der Waals surface area contributed by atoms with Crippen LogP contribution in [0.3, 0.4) is 0 Å². The van der Waals surface area contributed by atoms with Gasteiger partial charge in [-0.3, -0.25) is 4.79 Å².